The van der Waals surface area contributed by atoms with Gasteiger partial charge in [0.2, 0.25) is 5.28 Å². The fourth-order valence-corrected chi connectivity index (χ4v) is 3.81. The predicted octanol–water partition coefficient (Wildman–Crippen LogP) is 4.97. The van der Waals surface area contributed by atoms with Gasteiger partial charge in [-0.3, -0.25) is 0 Å². The van der Waals surface area contributed by atoms with Crippen molar-refractivity contribution in [2.45, 2.75) is 19.4 Å². The van der Waals surface area contributed by atoms with Crippen molar-refractivity contribution < 1.29 is 0 Å². The van der Waals surface area contributed by atoms with E-state index in [1.165, 1.54) is 4.88 Å². The first kappa shape index (κ1) is 12.8. The third-order valence-corrected chi connectivity index (χ3v) is 4.87. The molecule has 1 atom stereocenters. The van der Waals surface area contributed by atoms with Crippen LogP contribution in [0.15, 0.2) is 29.0 Å². The number of rotatable bonds is 4. The van der Waals surface area contributed by atoms with Crippen molar-refractivity contribution >= 4 is 50.3 Å². The molecule has 0 saturated heterocycles. The minimum Gasteiger partial charge on any atom is -0.362 e. The minimum atomic E-state index is 0.258. The lowest BCUT2D eigenvalue weighted by molar-refractivity contribution is 0.760. The number of hydrogen-bond donors (Lipinski definition) is 1. The lowest BCUT2D eigenvalue weighted by Crippen LogP contribution is -2.10. The zero-order valence-electron chi connectivity index (χ0n) is 10.3. The molecule has 98 valence electrons. The van der Waals surface area contributed by atoms with Gasteiger partial charge in [0, 0.05) is 4.88 Å². The van der Waals surface area contributed by atoms with Crippen LogP contribution in [0, 0.1) is 0 Å². The van der Waals surface area contributed by atoms with Gasteiger partial charge in [-0.2, -0.15) is 0 Å². The Balaban J connectivity index is 1.98. The Labute approximate surface area is 124 Å². The van der Waals surface area contributed by atoms with Crippen LogP contribution in [-0.2, 0) is 0 Å². The van der Waals surface area contributed by atoms with Crippen LogP contribution < -0.4 is 5.32 Å². The Kier molecular flexibility index (Phi) is 3.68. The molecule has 3 aromatic heterocycles. The van der Waals surface area contributed by atoms with Crippen LogP contribution in [0.4, 0.5) is 5.82 Å². The largest absolute Gasteiger partial charge is 0.362 e. The fourth-order valence-electron chi connectivity index (χ4n) is 1.97. The van der Waals surface area contributed by atoms with E-state index >= 15 is 0 Å². The molecular weight excluding hydrogens is 298 g/mol. The molecule has 3 nitrogen and oxygen atoms in total. The van der Waals surface area contributed by atoms with Crippen LogP contribution in [0.5, 0.6) is 0 Å². The molecule has 0 aliphatic rings. The molecule has 0 bridgehead atoms. The summed E-state index contributed by atoms with van der Waals surface area (Å²) >= 11 is 9.30. The molecule has 0 aliphatic carbocycles. The van der Waals surface area contributed by atoms with Crippen LogP contribution >= 0.6 is 34.3 Å². The van der Waals surface area contributed by atoms with Crippen molar-refractivity contribution in [2.24, 2.45) is 0 Å². The summed E-state index contributed by atoms with van der Waals surface area (Å²) in [6.45, 7) is 2.16. The monoisotopic (exact) mass is 309 g/mol. The highest BCUT2D eigenvalue weighted by atomic mass is 35.5. The van der Waals surface area contributed by atoms with E-state index in [0.29, 0.717) is 5.28 Å². The SMILES string of the molecule is CCC(Nc1nc(Cl)nc2sccc12)c1cccs1. The van der Waals surface area contributed by atoms with Gasteiger partial charge in [0.15, 0.2) is 0 Å². The summed E-state index contributed by atoms with van der Waals surface area (Å²) in [5.74, 6) is 0.816. The molecule has 0 fully saturated rings. The lowest BCUT2D eigenvalue weighted by atomic mass is 10.2. The van der Waals surface area contributed by atoms with Gasteiger partial charge in [-0.05, 0) is 40.9 Å². The standard InChI is InChI=1S/C13H12ClN3S2/c1-2-9(10-4-3-6-18-10)15-11-8-5-7-19-12(8)17-13(14)16-11/h3-7,9H,2H2,1H3,(H,15,16,17). The Morgan fingerprint density at radius 1 is 1.26 bits per heavy atom. The van der Waals surface area contributed by atoms with E-state index < -0.39 is 0 Å². The number of nitrogens with one attached hydrogen (secondary N) is 1. The van der Waals surface area contributed by atoms with Gasteiger partial charge in [-0.15, -0.1) is 22.7 Å². The van der Waals surface area contributed by atoms with E-state index in [1.54, 1.807) is 22.7 Å². The van der Waals surface area contributed by atoms with Gasteiger partial charge in [-0.25, -0.2) is 9.97 Å². The zero-order valence-corrected chi connectivity index (χ0v) is 12.6. The van der Waals surface area contributed by atoms with Crippen LogP contribution in [0.2, 0.25) is 5.28 Å². The number of nitrogens with zero attached hydrogens (tertiary/aromatic N) is 2. The van der Waals surface area contributed by atoms with Crippen molar-refractivity contribution in [3.63, 3.8) is 0 Å². The zero-order chi connectivity index (χ0) is 13.2. The van der Waals surface area contributed by atoms with E-state index in [2.05, 4.69) is 39.7 Å². The fraction of sp³-hybridized carbons (Fsp3) is 0.231. The Hall–Kier alpha value is -1.17. The topological polar surface area (TPSA) is 37.8 Å². The van der Waals surface area contributed by atoms with Crippen molar-refractivity contribution in [1.82, 2.24) is 9.97 Å². The summed E-state index contributed by atoms with van der Waals surface area (Å²) < 4.78 is 0. The van der Waals surface area contributed by atoms with Crippen LogP contribution in [0.3, 0.4) is 0 Å². The molecule has 0 saturated carbocycles. The van der Waals surface area contributed by atoms with Gasteiger partial charge in [0.05, 0.1) is 11.4 Å². The van der Waals surface area contributed by atoms with Gasteiger partial charge in [0.1, 0.15) is 10.6 Å². The first-order valence-corrected chi connectivity index (χ1v) is 8.12. The number of anilines is 1. The average Bonchev–Trinajstić information content (AvgIpc) is 3.05. The number of halogens is 1. The number of thiophene rings is 2. The van der Waals surface area contributed by atoms with Gasteiger partial charge < -0.3 is 5.32 Å². The lowest BCUT2D eigenvalue weighted by Gasteiger charge is -2.16. The Bertz CT molecular complexity index is 678. The molecule has 3 rings (SSSR count). The van der Waals surface area contributed by atoms with Crippen molar-refractivity contribution in [1.29, 1.82) is 0 Å². The summed E-state index contributed by atoms with van der Waals surface area (Å²) in [6, 6.07) is 6.49. The molecule has 19 heavy (non-hydrogen) atoms. The Morgan fingerprint density at radius 2 is 2.16 bits per heavy atom. The Morgan fingerprint density at radius 3 is 2.89 bits per heavy atom. The summed E-state index contributed by atoms with van der Waals surface area (Å²) in [6.07, 6.45) is 0.994. The molecule has 6 heteroatoms. The quantitative estimate of drug-likeness (QED) is 0.691. The summed E-state index contributed by atoms with van der Waals surface area (Å²) in [5.41, 5.74) is 0. The molecule has 3 heterocycles. The van der Waals surface area contributed by atoms with Crippen LogP contribution in [0.25, 0.3) is 10.2 Å². The third-order valence-electron chi connectivity index (χ3n) is 2.90. The normalized spacial score (nSPS) is 12.7. The molecule has 0 spiro atoms. The van der Waals surface area contributed by atoms with Gasteiger partial charge in [0.25, 0.3) is 0 Å². The number of aromatic nitrogens is 2. The maximum Gasteiger partial charge on any atom is 0.225 e. The van der Waals surface area contributed by atoms with E-state index in [4.69, 9.17) is 11.6 Å². The summed E-state index contributed by atoms with van der Waals surface area (Å²) in [7, 11) is 0. The molecule has 3 aromatic rings. The molecule has 0 amide bonds. The van der Waals surface area contributed by atoms with Crippen molar-refractivity contribution in [3.05, 3.63) is 39.1 Å². The maximum absolute atomic E-state index is 5.98. The van der Waals surface area contributed by atoms with E-state index in [0.717, 1.165) is 22.5 Å². The van der Waals surface area contributed by atoms with Crippen molar-refractivity contribution in [2.75, 3.05) is 5.32 Å². The molecule has 0 radical (unpaired) electrons. The molecule has 1 unspecified atom stereocenters. The van der Waals surface area contributed by atoms with Crippen molar-refractivity contribution in [3.8, 4) is 0 Å². The average molecular weight is 310 g/mol. The van der Waals surface area contributed by atoms with E-state index in [1.807, 2.05) is 11.4 Å². The van der Waals surface area contributed by atoms with E-state index in [9.17, 15) is 0 Å². The van der Waals surface area contributed by atoms with Crippen LogP contribution in [0.1, 0.15) is 24.3 Å². The molecule has 1 N–H and O–H groups in total. The van der Waals surface area contributed by atoms with Gasteiger partial charge in [-0.1, -0.05) is 13.0 Å². The molecule has 0 aliphatic heterocycles. The highest BCUT2D eigenvalue weighted by Gasteiger charge is 2.14. The first-order chi connectivity index (χ1) is 9.28. The number of hydrogen-bond acceptors (Lipinski definition) is 5. The predicted molar refractivity (Wildman–Crippen MR) is 83.4 cm³/mol. The highest BCUT2D eigenvalue weighted by Crippen LogP contribution is 2.31. The smallest absolute Gasteiger partial charge is 0.225 e. The minimum absolute atomic E-state index is 0.258. The van der Waals surface area contributed by atoms with Crippen LogP contribution in [-0.4, -0.2) is 9.97 Å². The second kappa shape index (κ2) is 5.45. The molecule has 0 aromatic carbocycles. The maximum atomic E-state index is 5.98. The highest BCUT2D eigenvalue weighted by molar-refractivity contribution is 7.16. The summed E-state index contributed by atoms with van der Waals surface area (Å²) in [4.78, 5) is 10.8. The van der Waals surface area contributed by atoms with E-state index in [-0.39, 0.29) is 6.04 Å². The van der Waals surface area contributed by atoms with Gasteiger partial charge >= 0.3 is 0 Å². The number of fused-ring (bicyclic) bond motifs is 1. The second-order valence-corrected chi connectivity index (χ2v) is 6.31. The molecular formula is C13H12ClN3S2. The summed E-state index contributed by atoms with van der Waals surface area (Å²) in [5, 5.41) is 8.90. The first-order valence-electron chi connectivity index (χ1n) is 5.98. The second-order valence-electron chi connectivity index (χ2n) is 4.10. The third kappa shape index (κ3) is 2.59.